The maximum atomic E-state index is 10.3. The molecule has 0 spiro atoms. The Morgan fingerprint density at radius 3 is 2.11 bits per heavy atom. The van der Waals surface area contributed by atoms with Gasteiger partial charge < -0.3 is 19.2 Å². The van der Waals surface area contributed by atoms with Gasteiger partial charge >= 0.3 is 14.5 Å². The molecule has 1 unspecified atom stereocenters. The van der Waals surface area contributed by atoms with E-state index in [0.717, 1.165) is 19.3 Å². The van der Waals surface area contributed by atoms with E-state index in [2.05, 4.69) is 28.1 Å². The zero-order valence-corrected chi connectivity index (χ0v) is 12.8. The summed E-state index contributed by atoms with van der Waals surface area (Å²) < 4.78 is 22.8. The molecule has 10 heteroatoms. The maximum Gasteiger partial charge on any atom is 0.497 e. The van der Waals surface area contributed by atoms with Gasteiger partial charge in [0.2, 0.25) is 0 Å². The van der Waals surface area contributed by atoms with Gasteiger partial charge in [0.05, 0.1) is 6.61 Å². The minimum atomic E-state index is -4.82. The predicted molar refractivity (Wildman–Crippen MR) is 70.0 cm³/mol. The standard InChI is InChI=1S/C8H20O7P2S/c1-2-3-4-5-6-7-8-13-17(12,18)15-14-16(9,10)11/h2-8H2,1H3,(H,12,18)(H2,9,10,11). The third-order valence-electron chi connectivity index (χ3n) is 1.98. The first-order valence-electron chi connectivity index (χ1n) is 5.68. The topological polar surface area (TPSA) is 105 Å². The number of unbranched alkanes of at least 4 members (excludes halogenated alkanes) is 5. The van der Waals surface area contributed by atoms with Crippen molar-refractivity contribution in [1.82, 2.24) is 0 Å². The fourth-order valence-electron chi connectivity index (χ4n) is 1.17. The number of hydrogen-bond acceptors (Lipinski definition) is 5. The Kier molecular flexibility index (Phi) is 9.87. The lowest BCUT2D eigenvalue weighted by Gasteiger charge is -2.14. The first kappa shape index (κ1) is 18.6. The summed E-state index contributed by atoms with van der Waals surface area (Å²) in [5.41, 5.74) is 0. The van der Waals surface area contributed by atoms with E-state index in [-0.39, 0.29) is 6.61 Å². The van der Waals surface area contributed by atoms with Gasteiger partial charge in [-0.1, -0.05) is 39.0 Å². The van der Waals surface area contributed by atoms with Crippen LogP contribution in [0, 0.1) is 0 Å². The average Bonchev–Trinajstić information content (AvgIpc) is 2.25. The highest BCUT2D eigenvalue weighted by Crippen LogP contribution is 2.50. The molecule has 3 N–H and O–H groups in total. The molecular formula is C8H20O7P2S. The molecule has 0 aromatic rings. The molecule has 0 heterocycles. The number of phosphoric acid groups is 1. The molecule has 0 aliphatic carbocycles. The zero-order valence-electron chi connectivity index (χ0n) is 10.2. The van der Waals surface area contributed by atoms with Gasteiger partial charge in [-0.25, -0.2) is 4.57 Å². The monoisotopic (exact) mass is 322 g/mol. The van der Waals surface area contributed by atoms with Crippen LogP contribution in [0.4, 0.5) is 0 Å². The second-order valence-corrected chi connectivity index (χ2v) is 7.57. The van der Waals surface area contributed by atoms with Crippen molar-refractivity contribution < 1.29 is 33.1 Å². The Morgan fingerprint density at radius 1 is 1.00 bits per heavy atom. The van der Waals surface area contributed by atoms with Crippen molar-refractivity contribution >= 4 is 26.3 Å². The average molecular weight is 322 g/mol. The van der Waals surface area contributed by atoms with Crippen LogP contribution in [0.2, 0.25) is 0 Å². The fraction of sp³-hybridized carbons (Fsp3) is 1.00. The van der Waals surface area contributed by atoms with E-state index in [1.54, 1.807) is 0 Å². The van der Waals surface area contributed by atoms with Crippen molar-refractivity contribution in [3.63, 3.8) is 0 Å². The Labute approximate surface area is 112 Å². The predicted octanol–water partition coefficient (Wildman–Crippen LogP) is 2.62. The Morgan fingerprint density at radius 2 is 1.56 bits per heavy atom. The summed E-state index contributed by atoms with van der Waals surface area (Å²) in [6, 6.07) is 0. The van der Waals surface area contributed by atoms with Gasteiger partial charge in [-0.2, -0.15) is 0 Å². The number of rotatable bonds is 11. The molecule has 0 saturated heterocycles. The lowest BCUT2D eigenvalue weighted by Crippen LogP contribution is -1.97. The Balaban J connectivity index is 3.59. The van der Waals surface area contributed by atoms with Crippen molar-refractivity contribution in [2.45, 2.75) is 45.4 Å². The molecule has 0 aliphatic heterocycles. The Hall–Kier alpha value is 0.640. The number of hydrogen-bond donors (Lipinski definition) is 3. The summed E-state index contributed by atoms with van der Waals surface area (Å²) in [4.78, 5) is 26.0. The second kappa shape index (κ2) is 9.53. The third kappa shape index (κ3) is 13.1. The summed E-state index contributed by atoms with van der Waals surface area (Å²) in [6.07, 6.45) is 6.23. The van der Waals surface area contributed by atoms with Gasteiger partial charge in [-0.15, -0.1) is 9.35 Å². The molecule has 0 amide bonds. The van der Waals surface area contributed by atoms with Crippen LogP contribution in [-0.2, 0) is 30.2 Å². The quantitative estimate of drug-likeness (QED) is 0.231. The molecule has 18 heavy (non-hydrogen) atoms. The van der Waals surface area contributed by atoms with E-state index in [0.29, 0.717) is 6.42 Å². The summed E-state index contributed by atoms with van der Waals surface area (Å²) in [7, 11) is -4.82. The van der Waals surface area contributed by atoms with Gasteiger partial charge in [0, 0.05) is 0 Å². The molecular weight excluding hydrogens is 302 g/mol. The van der Waals surface area contributed by atoms with Gasteiger partial charge in [-0.05, 0) is 18.2 Å². The van der Waals surface area contributed by atoms with Crippen LogP contribution in [0.3, 0.4) is 0 Å². The Bertz CT molecular complexity index is 306. The van der Waals surface area contributed by atoms with Crippen molar-refractivity contribution in [2.24, 2.45) is 0 Å². The first-order chi connectivity index (χ1) is 8.27. The van der Waals surface area contributed by atoms with Crippen LogP contribution < -0.4 is 0 Å². The summed E-state index contributed by atoms with van der Waals surface area (Å²) >= 11 is 4.48. The summed E-state index contributed by atoms with van der Waals surface area (Å²) in [6.45, 7) is -1.43. The minimum Gasteiger partial charge on any atom is -0.323 e. The van der Waals surface area contributed by atoms with Crippen LogP contribution in [0.1, 0.15) is 45.4 Å². The highest BCUT2D eigenvalue weighted by molar-refractivity contribution is 8.07. The van der Waals surface area contributed by atoms with Gasteiger partial charge in [0.15, 0.2) is 0 Å². The van der Waals surface area contributed by atoms with Crippen molar-refractivity contribution in [1.29, 1.82) is 0 Å². The van der Waals surface area contributed by atoms with Crippen LogP contribution in [-0.4, -0.2) is 21.3 Å². The van der Waals surface area contributed by atoms with Crippen LogP contribution in [0.5, 0.6) is 0 Å². The largest absolute Gasteiger partial charge is 0.497 e. The van der Waals surface area contributed by atoms with E-state index in [1.807, 2.05) is 0 Å². The highest BCUT2D eigenvalue weighted by atomic mass is 32.5. The molecule has 7 nitrogen and oxygen atoms in total. The SMILES string of the molecule is CCCCCCCCOP(O)(=S)OOP(=O)(O)O. The molecule has 0 saturated carbocycles. The lowest BCUT2D eigenvalue weighted by molar-refractivity contribution is -0.135. The third-order valence-corrected chi connectivity index (χ3v) is 3.63. The molecule has 0 fully saturated rings. The van der Waals surface area contributed by atoms with Gasteiger partial charge in [0.25, 0.3) is 0 Å². The van der Waals surface area contributed by atoms with Crippen LogP contribution in [0.25, 0.3) is 0 Å². The first-order valence-corrected chi connectivity index (χ1v) is 9.80. The fourth-order valence-corrected chi connectivity index (χ4v) is 2.73. The van der Waals surface area contributed by atoms with E-state index >= 15 is 0 Å². The van der Waals surface area contributed by atoms with E-state index < -0.39 is 14.5 Å². The molecule has 0 bridgehead atoms. The highest BCUT2D eigenvalue weighted by Gasteiger charge is 2.24. The molecule has 1 atom stereocenters. The molecule has 0 aromatic carbocycles. The maximum absolute atomic E-state index is 10.3. The minimum absolute atomic E-state index is 0.171. The molecule has 0 aromatic heterocycles. The van der Waals surface area contributed by atoms with E-state index in [1.165, 1.54) is 12.8 Å². The normalized spacial score (nSPS) is 15.6. The zero-order chi connectivity index (χ0) is 14.1. The summed E-state index contributed by atoms with van der Waals surface area (Å²) in [5.74, 6) is 0. The molecule has 0 radical (unpaired) electrons. The van der Waals surface area contributed by atoms with E-state index in [4.69, 9.17) is 14.3 Å². The van der Waals surface area contributed by atoms with Crippen molar-refractivity contribution in [3.8, 4) is 0 Å². The van der Waals surface area contributed by atoms with Crippen molar-refractivity contribution in [3.05, 3.63) is 0 Å². The van der Waals surface area contributed by atoms with Gasteiger partial charge in [-0.3, -0.25) is 0 Å². The molecule has 110 valence electrons. The lowest BCUT2D eigenvalue weighted by atomic mass is 10.1. The molecule has 0 rings (SSSR count). The second-order valence-electron chi connectivity index (χ2n) is 3.71. The van der Waals surface area contributed by atoms with Gasteiger partial charge in [0.1, 0.15) is 0 Å². The smallest absolute Gasteiger partial charge is 0.323 e. The molecule has 0 aliphatic rings. The van der Waals surface area contributed by atoms with Crippen LogP contribution in [0.15, 0.2) is 0 Å². The van der Waals surface area contributed by atoms with Crippen molar-refractivity contribution in [2.75, 3.05) is 6.61 Å². The van der Waals surface area contributed by atoms with E-state index in [9.17, 15) is 9.46 Å². The summed E-state index contributed by atoms with van der Waals surface area (Å²) in [5, 5.41) is 0. The van der Waals surface area contributed by atoms with Crippen LogP contribution >= 0.6 is 14.5 Å².